The summed E-state index contributed by atoms with van der Waals surface area (Å²) in [4.78, 5) is 36.8. The van der Waals surface area contributed by atoms with Crippen LogP contribution in [-0.4, -0.2) is 30.4 Å². The Balaban J connectivity index is 1.41. The van der Waals surface area contributed by atoms with Gasteiger partial charge in [0.2, 0.25) is 5.91 Å². The smallest absolute Gasteiger partial charge is 0.329 e. The number of carbonyl (C=O) groups is 3. The van der Waals surface area contributed by atoms with Gasteiger partial charge in [-0.15, -0.1) is 0 Å². The van der Waals surface area contributed by atoms with Gasteiger partial charge in [0.1, 0.15) is 6.54 Å². The van der Waals surface area contributed by atoms with Gasteiger partial charge in [-0.1, -0.05) is 24.3 Å². The molecule has 0 aromatic heterocycles. The van der Waals surface area contributed by atoms with Crippen LogP contribution in [0.25, 0.3) is 0 Å². The fourth-order valence-electron chi connectivity index (χ4n) is 3.53. The molecule has 6 nitrogen and oxygen atoms in total. The second kappa shape index (κ2) is 6.63. The predicted octanol–water partition coefficient (Wildman–Crippen LogP) is 2.03. The lowest BCUT2D eigenvalue weighted by molar-refractivity contribution is -0.117. The number of benzene rings is 2. The second-order valence-corrected chi connectivity index (χ2v) is 6.67. The van der Waals surface area contributed by atoms with Crippen LogP contribution in [0, 0.1) is 0 Å². The summed E-state index contributed by atoms with van der Waals surface area (Å²) >= 11 is 0. The van der Waals surface area contributed by atoms with Gasteiger partial charge >= 0.3 is 6.03 Å². The highest BCUT2D eigenvalue weighted by molar-refractivity contribution is 6.12. The molecule has 1 saturated heterocycles. The molecule has 1 heterocycles. The van der Waals surface area contributed by atoms with E-state index in [-0.39, 0.29) is 24.4 Å². The van der Waals surface area contributed by atoms with Gasteiger partial charge in [-0.25, -0.2) is 4.79 Å². The molecule has 4 rings (SSSR count). The molecule has 1 fully saturated rings. The minimum atomic E-state index is -0.437. The maximum atomic E-state index is 12.5. The highest BCUT2D eigenvalue weighted by atomic mass is 16.2. The zero-order chi connectivity index (χ0) is 18.1. The van der Waals surface area contributed by atoms with E-state index in [1.807, 2.05) is 12.1 Å². The average molecular weight is 349 g/mol. The van der Waals surface area contributed by atoms with E-state index in [0.29, 0.717) is 11.3 Å². The van der Waals surface area contributed by atoms with Crippen LogP contribution in [0.3, 0.4) is 0 Å². The molecule has 6 heteroatoms. The fraction of sp³-hybridized carbons (Fsp3) is 0.250. The molecule has 26 heavy (non-hydrogen) atoms. The van der Waals surface area contributed by atoms with Gasteiger partial charge in [0, 0.05) is 17.3 Å². The first kappa shape index (κ1) is 16.3. The number of nitrogens with zero attached hydrogens (tertiary/aromatic N) is 1. The first-order chi connectivity index (χ1) is 12.6. The number of hydrogen-bond donors (Lipinski definition) is 2. The third-order valence-electron chi connectivity index (χ3n) is 4.92. The molecule has 1 atom stereocenters. The summed E-state index contributed by atoms with van der Waals surface area (Å²) in [5.74, 6) is -0.447. The Morgan fingerprint density at radius 2 is 1.77 bits per heavy atom. The lowest BCUT2D eigenvalue weighted by atomic mass is 9.88. The first-order valence-electron chi connectivity index (χ1n) is 8.69. The van der Waals surface area contributed by atoms with Crippen LogP contribution in [0.2, 0.25) is 0 Å². The second-order valence-electron chi connectivity index (χ2n) is 6.67. The third kappa shape index (κ3) is 3.18. The normalized spacial score (nSPS) is 19.1. The summed E-state index contributed by atoms with van der Waals surface area (Å²) in [5, 5.41) is 5.33. The fourth-order valence-corrected chi connectivity index (χ4v) is 3.53. The van der Waals surface area contributed by atoms with Crippen molar-refractivity contribution in [3.8, 4) is 0 Å². The molecule has 0 radical (unpaired) electrons. The van der Waals surface area contributed by atoms with Gasteiger partial charge in [-0.05, 0) is 54.7 Å². The number of imide groups is 1. The molecular weight excluding hydrogens is 330 g/mol. The van der Waals surface area contributed by atoms with Crippen LogP contribution < -0.4 is 15.5 Å². The van der Waals surface area contributed by atoms with Crippen molar-refractivity contribution in [1.82, 2.24) is 10.6 Å². The largest absolute Gasteiger partial charge is 0.349 e. The van der Waals surface area contributed by atoms with Crippen molar-refractivity contribution in [3.63, 3.8) is 0 Å². The highest BCUT2D eigenvalue weighted by Crippen LogP contribution is 2.22. The number of carbonyl (C=O) groups excluding carboxylic acids is 3. The van der Waals surface area contributed by atoms with E-state index in [1.54, 1.807) is 24.3 Å². The van der Waals surface area contributed by atoms with Crippen LogP contribution >= 0.6 is 0 Å². The number of hydrogen-bond acceptors (Lipinski definition) is 3. The Morgan fingerprint density at radius 1 is 1.04 bits per heavy atom. The molecule has 4 amide bonds. The van der Waals surface area contributed by atoms with Crippen molar-refractivity contribution in [1.29, 1.82) is 0 Å². The Labute approximate surface area is 151 Å². The van der Waals surface area contributed by atoms with Crippen molar-refractivity contribution >= 4 is 23.5 Å². The van der Waals surface area contributed by atoms with Crippen LogP contribution in [-0.2, 0) is 17.6 Å². The highest BCUT2D eigenvalue weighted by Gasteiger charge is 2.28. The lowest BCUT2D eigenvalue weighted by Gasteiger charge is -2.25. The molecular formula is C20H19N3O3. The number of urea groups is 1. The average Bonchev–Trinajstić information content (AvgIpc) is 3.00. The molecule has 1 aliphatic heterocycles. The number of fused-ring (bicyclic) bond motifs is 1. The summed E-state index contributed by atoms with van der Waals surface area (Å²) in [5.41, 5.74) is 3.79. The van der Waals surface area contributed by atoms with Gasteiger partial charge in [-0.2, -0.15) is 0 Å². The Morgan fingerprint density at radius 3 is 2.46 bits per heavy atom. The molecule has 1 aliphatic carbocycles. The van der Waals surface area contributed by atoms with E-state index in [9.17, 15) is 14.4 Å². The summed E-state index contributed by atoms with van der Waals surface area (Å²) in [7, 11) is 0. The molecule has 2 aromatic carbocycles. The van der Waals surface area contributed by atoms with Crippen molar-refractivity contribution < 1.29 is 14.4 Å². The van der Waals surface area contributed by atoms with Gasteiger partial charge in [0.15, 0.2) is 0 Å². The molecule has 2 N–H and O–H groups in total. The van der Waals surface area contributed by atoms with Crippen molar-refractivity contribution in [3.05, 3.63) is 65.2 Å². The monoisotopic (exact) mass is 349 g/mol. The van der Waals surface area contributed by atoms with Crippen molar-refractivity contribution in [2.75, 3.05) is 11.4 Å². The Hall–Kier alpha value is -3.15. The number of rotatable bonds is 3. The van der Waals surface area contributed by atoms with Crippen LogP contribution in [0.15, 0.2) is 48.5 Å². The zero-order valence-corrected chi connectivity index (χ0v) is 14.2. The Kier molecular flexibility index (Phi) is 4.16. The lowest BCUT2D eigenvalue weighted by Crippen LogP contribution is -2.38. The number of nitrogens with one attached hydrogen (secondary N) is 2. The third-order valence-corrected chi connectivity index (χ3v) is 4.92. The van der Waals surface area contributed by atoms with E-state index in [2.05, 4.69) is 22.8 Å². The van der Waals surface area contributed by atoms with Crippen LogP contribution in [0.5, 0.6) is 0 Å². The molecule has 0 spiro atoms. The van der Waals surface area contributed by atoms with Gasteiger partial charge in [0.05, 0.1) is 0 Å². The summed E-state index contributed by atoms with van der Waals surface area (Å²) in [6.45, 7) is 0.00581. The molecule has 132 valence electrons. The van der Waals surface area contributed by atoms with E-state index >= 15 is 0 Å². The van der Waals surface area contributed by atoms with Gasteiger partial charge < -0.3 is 5.32 Å². The van der Waals surface area contributed by atoms with E-state index < -0.39 is 6.03 Å². The molecule has 2 aromatic rings. The van der Waals surface area contributed by atoms with E-state index in [1.165, 1.54) is 16.0 Å². The predicted molar refractivity (Wildman–Crippen MR) is 97.0 cm³/mol. The van der Waals surface area contributed by atoms with Crippen molar-refractivity contribution in [2.24, 2.45) is 0 Å². The van der Waals surface area contributed by atoms with E-state index in [4.69, 9.17) is 0 Å². The van der Waals surface area contributed by atoms with Gasteiger partial charge in [-0.3, -0.25) is 19.8 Å². The van der Waals surface area contributed by atoms with Crippen LogP contribution in [0.1, 0.15) is 27.9 Å². The van der Waals surface area contributed by atoms with E-state index in [0.717, 1.165) is 19.3 Å². The van der Waals surface area contributed by atoms with Crippen molar-refractivity contribution in [2.45, 2.75) is 25.3 Å². The quantitative estimate of drug-likeness (QED) is 0.832. The number of aryl methyl sites for hydroxylation is 1. The number of amides is 4. The topological polar surface area (TPSA) is 78.5 Å². The molecule has 0 unspecified atom stereocenters. The molecule has 0 bridgehead atoms. The maximum absolute atomic E-state index is 12.5. The number of anilines is 1. The molecule has 0 saturated carbocycles. The molecule has 2 aliphatic rings. The van der Waals surface area contributed by atoms with Crippen LogP contribution in [0.4, 0.5) is 10.5 Å². The SMILES string of the molecule is O=C1CN(c2ccc(C(=O)N[C@@H]3CCc4ccccc4C3)cc2)C(=O)N1. The summed E-state index contributed by atoms with van der Waals surface area (Å²) in [6.07, 6.45) is 2.74. The Bertz CT molecular complexity index is 876. The zero-order valence-electron chi connectivity index (χ0n) is 14.2. The summed E-state index contributed by atoms with van der Waals surface area (Å²) < 4.78 is 0. The maximum Gasteiger partial charge on any atom is 0.329 e. The first-order valence-corrected chi connectivity index (χ1v) is 8.69. The van der Waals surface area contributed by atoms with Gasteiger partial charge in [0.25, 0.3) is 5.91 Å². The summed E-state index contributed by atoms with van der Waals surface area (Å²) in [6, 6.07) is 14.7. The standard InChI is InChI=1S/C20H19N3O3/c24-18-12-23(20(26)22-18)17-9-6-14(7-10-17)19(25)21-16-8-5-13-3-1-2-4-15(13)11-16/h1-4,6-7,9-10,16H,5,8,11-12H2,(H,21,25)(H,22,24,26)/t16-/m1/s1. The minimum Gasteiger partial charge on any atom is -0.349 e. The minimum absolute atomic E-state index is 0.00581.